The molecule has 0 N–H and O–H groups in total. The Balaban J connectivity index is 2.73. The highest BCUT2D eigenvalue weighted by molar-refractivity contribution is 5.04. The van der Waals surface area contributed by atoms with Crippen molar-refractivity contribution < 1.29 is 4.48 Å². The average Bonchev–Trinajstić information content (AvgIpc) is 1.90. The van der Waals surface area contributed by atoms with Crippen molar-refractivity contribution in [1.82, 2.24) is 0 Å². The zero-order chi connectivity index (χ0) is 6.74. The van der Waals surface area contributed by atoms with E-state index in [1.807, 2.05) is 12.3 Å². The maximum absolute atomic E-state index is 3.74. The summed E-state index contributed by atoms with van der Waals surface area (Å²) in [6, 6.07) is 0. The van der Waals surface area contributed by atoms with Gasteiger partial charge in [0.25, 0.3) is 0 Å². The summed E-state index contributed by atoms with van der Waals surface area (Å²) in [5.41, 5.74) is 0. The van der Waals surface area contributed by atoms with Crippen molar-refractivity contribution in [3.63, 3.8) is 0 Å². The Labute approximate surface area is 56.2 Å². The van der Waals surface area contributed by atoms with Crippen LogP contribution in [0.15, 0.2) is 37.2 Å². The van der Waals surface area contributed by atoms with Crippen molar-refractivity contribution in [3.8, 4) is 0 Å². The molecule has 0 aliphatic carbocycles. The van der Waals surface area contributed by atoms with Crippen molar-refractivity contribution in [3.05, 3.63) is 37.2 Å². The van der Waals surface area contributed by atoms with Gasteiger partial charge in [0.05, 0.1) is 13.2 Å². The third kappa shape index (κ3) is 1.30. The number of nitrogens with zero attached hydrogens (tertiary/aromatic N) is 1. The average molecular weight is 122 g/mol. The van der Waals surface area contributed by atoms with Crippen LogP contribution in [0, 0.1) is 0 Å². The highest BCUT2D eigenvalue weighted by Gasteiger charge is 2.12. The molecule has 0 fully saturated rings. The van der Waals surface area contributed by atoms with Gasteiger partial charge in [-0.1, -0.05) is 6.08 Å². The molecule has 1 aliphatic heterocycles. The molecule has 1 unspecified atom stereocenters. The highest BCUT2D eigenvalue weighted by atomic mass is 15.3. The van der Waals surface area contributed by atoms with Crippen LogP contribution in [0.3, 0.4) is 0 Å². The third-order valence-electron chi connectivity index (χ3n) is 1.59. The molecule has 1 heterocycles. The second kappa shape index (κ2) is 2.19. The quantitative estimate of drug-likeness (QED) is 0.464. The van der Waals surface area contributed by atoms with E-state index >= 15 is 0 Å². The molecule has 0 amide bonds. The Morgan fingerprint density at radius 2 is 2.33 bits per heavy atom. The minimum absolute atomic E-state index is 0.816. The van der Waals surface area contributed by atoms with Crippen LogP contribution in [0.25, 0.3) is 0 Å². The molecule has 1 atom stereocenters. The zero-order valence-electron chi connectivity index (χ0n) is 5.75. The highest BCUT2D eigenvalue weighted by Crippen LogP contribution is 2.08. The van der Waals surface area contributed by atoms with Gasteiger partial charge in [-0.2, -0.15) is 0 Å². The molecule has 9 heavy (non-hydrogen) atoms. The minimum atomic E-state index is 0.816. The van der Waals surface area contributed by atoms with Crippen LogP contribution < -0.4 is 0 Å². The molecule has 0 radical (unpaired) electrons. The van der Waals surface area contributed by atoms with Crippen LogP contribution in [0.4, 0.5) is 0 Å². The number of likely N-dealkylation sites (N-methyl/N-ethyl adjacent to an activating group) is 1. The summed E-state index contributed by atoms with van der Waals surface area (Å²) in [7, 11) is 2.12. The third-order valence-corrected chi connectivity index (χ3v) is 1.59. The first kappa shape index (κ1) is 6.30. The minimum Gasteiger partial charge on any atom is -0.271 e. The van der Waals surface area contributed by atoms with Crippen molar-refractivity contribution >= 4 is 0 Å². The van der Waals surface area contributed by atoms with Crippen molar-refractivity contribution in [2.24, 2.45) is 0 Å². The lowest BCUT2D eigenvalue weighted by atomic mass is 10.3. The monoisotopic (exact) mass is 122 g/mol. The summed E-state index contributed by atoms with van der Waals surface area (Å²) >= 11 is 0. The largest absolute Gasteiger partial charge is 0.271 e. The molecule has 1 nitrogen and oxygen atoms in total. The maximum Gasteiger partial charge on any atom is 0.106 e. The van der Waals surface area contributed by atoms with E-state index in [1.54, 1.807) is 0 Å². The zero-order valence-corrected chi connectivity index (χ0v) is 5.75. The molecular weight excluding hydrogens is 110 g/mol. The first-order valence-electron chi connectivity index (χ1n) is 3.10. The molecule has 1 heteroatoms. The van der Waals surface area contributed by atoms with Crippen LogP contribution in [-0.2, 0) is 0 Å². The van der Waals surface area contributed by atoms with E-state index in [-0.39, 0.29) is 0 Å². The predicted octanol–water partition coefficient (Wildman–Crippen LogP) is 1.66. The summed E-state index contributed by atoms with van der Waals surface area (Å²) in [4.78, 5) is 0. The topological polar surface area (TPSA) is 0 Å². The normalized spacial score (nSPS) is 32.6. The van der Waals surface area contributed by atoms with E-state index in [9.17, 15) is 0 Å². The summed E-state index contributed by atoms with van der Waals surface area (Å²) in [6.07, 6.45) is 10.3. The van der Waals surface area contributed by atoms with Gasteiger partial charge < -0.3 is 0 Å². The Morgan fingerprint density at radius 1 is 1.56 bits per heavy atom. The fourth-order valence-electron chi connectivity index (χ4n) is 0.809. The molecule has 1 rings (SSSR count). The first-order valence-corrected chi connectivity index (χ1v) is 3.10. The Morgan fingerprint density at radius 3 is 2.67 bits per heavy atom. The van der Waals surface area contributed by atoms with Gasteiger partial charge >= 0.3 is 0 Å². The molecule has 0 bridgehead atoms. The van der Waals surface area contributed by atoms with Gasteiger partial charge in [-0.15, -0.1) is 0 Å². The van der Waals surface area contributed by atoms with Gasteiger partial charge in [0.15, 0.2) is 0 Å². The standard InChI is InChI=1S/C8H12N/c1-3-9(2)7-5-4-6-8-9/h3-7H,1,8H2,2H3/q+1. The van der Waals surface area contributed by atoms with Crippen LogP contribution in [0.1, 0.15) is 0 Å². The van der Waals surface area contributed by atoms with Crippen LogP contribution in [-0.4, -0.2) is 18.1 Å². The molecule has 0 saturated carbocycles. The lowest BCUT2D eigenvalue weighted by Crippen LogP contribution is -2.32. The molecule has 1 aliphatic rings. The van der Waals surface area contributed by atoms with Gasteiger partial charge in [-0.3, -0.25) is 4.48 Å². The van der Waals surface area contributed by atoms with Crippen molar-refractivity contribution in [2.75, 3.05) is 13.6 Å². The van der Waals surface area contributed by atoms with E-state index in [1.165, 1.54) is 0 Å². The van der Waals surface area contributed by atoms with Gasteiger partial charge in [0.2, 0.25) is 0 Å². The summed E-state index contributed by atoms with van der Waals surface area (Å²) in [6.45, 7) is 4.77. The SMILES string of the molecule is C=C[N+]1(C)C=CC=CC1. The number of rotatable bonds is 1. The maximum atomic E-state index is 3.74. The summed E-state index contributed by atoms with van der Waals surface area (Å²) in [5.74, 6) is 0. The summed E-state index contributed by atoms with van der Waals surface area (Å²) < 4.78 is 0.816. The number of quaternary nitrogens is 1. The van der Waals surface area contributed by atoms with Crippen LogP contribution in [0.5, 0.6) is 0 Å². The Bertz CT molecular complexity index is 167. The second-order valence-corrected chi connectivity index (χ2v) is 2.48. The van der Waals surface area contributed by atoms with Gasteiger partial charge in [0, 0.05) is 0 Å². The molecule has 0 spiro atoms. The molecule has 48 valence electrons. The van der Waals surface area contributed by atoms with E-state index in [0.717, 1.165) is 11.0 Å². The fourth-order valence-corrected chi connectivity index (χ4v) is 0.809. The number of hydrogen-bond donors (Lipinski definition) is 0. The predicted molar refractivity (Wildman–Crippen MR) is 39.5 cm³/mol. The van der Waals surface area contributed by atoms with Crippen LogP contribution in [0.2, 0.25) is 0 Å². The fraction of sp³-hybridized carbons (Fsp3) is 0.250. The van der Waals surface area contributed by atoms with Gasteiger partial charge in [-0.25, -0.2) is 0 Å². The Hall–Kier alpha value is -0.820. The second-order valence-electron chi connectivity index (χ2n) is 2.48. The number of allylic oxidation sites excluding steroid dienone is 2. The van der Waals surface area contributed by atoms with E-state index in [0.29, 0.717) is 0 Å². The van der Waals surface area contributed by atoms with Gasteiger partial charge in [-0.05, 0) is 18.7 Å². The molecule has 0 aromatic carbocycles. The number of hydrogen-bond acceptors (Lipinski definition) is 0. The Kier molecular flexibility index (Phi) is 1.54. The first-order chi connectivity index (χ1) is 4.27. The molecule has 0 saturated heterocycles. The lowest BCUT2D eigenvalue weighted by molar-refractivity contribution is -0.800. The van der Waals surface area contributed by atoms with Crippen molar-refractivity contribution in [1.29, 1.82) is 0 Å². The van der Waals surface area contributed by atoms with E-state index < -0.39 is 0 Å². The lowest BCUT2D eigenvalue weighted by Gasteiger charge is -2.24. The van der Waals surface area contributed by atoms with E-state index in [4.69, 9.17) is 0 Å². The van der Waals surface area contributed by atoms with Crippen LogP contribution >= 0.6 is 0 Å². The molecule has 0 aromatic rings. The van der Waals surface area contributed by atoms with Gasteiger partial charge in [0.1, 0.15) is 12.7 Å². The van der Waals surface area contributed by atoms with E-state index in [2.05, 4.69) is 32.0 Å². The smallest absolute Gasteiger partial charge is 0.106 e. The molecule has 0 aromatic heterocycles. The molecular formula is C8H12N+. The summed E-state index contributed by atoms with van der Waals surface area (Å²) in [5, 5.41) is 0. The van der Waals surface area contributed by atoms with Crippen molar-refractivity contribution in [2.45, 2.75) is 0 Å².